The number of nitrogens with two attached hydrogens (primary N) is 6. The fourth-order valence-corrected chi connectivity index (χ4v) is 11.8. The summed E-state index contributed by atoms with van der Waals surface area (Å²) in [7, 11) is 0. The molecule has 19 atom stereocenters. The van der Waals surface area contributed by atoms with E-state index in [4.69, 9.17) is 58.1 Å². The Morgan fingerprint density at radius 2 is 1.44 bits per heavy atom. The van der Waals surface area contributed by atoms with Crippen molar-refractivity contribution in [3.05, 3.63) is 56.8 Å². The molecule has 0 aliphatic carbocycles. The first-order valence-electron chi connectivity index (χ1n) is 31.4. The van der Waals surface area contributed by atoms with Crippen LogP contribution in [0, 0.1) is 12.8 Å². The first kappa shape index (κ1) is 83.2. The summed E-state index contributed by atoms with van der Waals surface area (Å²) in [6, 6.07) is -7.87. The molecule has 0 aromatic carbocycles. The number of unbranched alkanes of at least 4 members (excludes halogenated alkanes) is 1. The number of carbonyl (C=O) groups is 8. The van der Waals surface area contributed by atoms with Crippen molar-refractivity contribution in [3.8, 4) is 10.7 Å². The van der Waals surface area contributed by atoms with Gasteiger partial charge in [0.25, 0.3) is 11.8 Å². The van der Waals surface area contributed by atoms with E-state index in [1.807, 2.05) is 0 Å². The van der Waals surface area contributed by atoms with Gasteiger partial charge in [0.1, 0.15) is 94.6 Å². The van der Waals surface area contributed by atoms with E-state index in [0.29, 0.717) is 28.8 Å². The van der Waals surface area contributed by atoms with Crippen molar-refractivity contribution in [2.45, 2.75) is 170 Å². The average Bonchev–Trinajstić information content (AvgIpc) is 0.853. The van der Waals surface area contributed by atoms with Crippen molar-refractivity contribution in [2.24, 2.45) is 34.6 Å². The summed E-state index contributed by atoms with van der Waals surface area (Å²) < 4.78 is 28.7. The number of aliphatic hydroxyl groups excluding tert-OH is 8. The number of nitrogen functional groups attached to an aromatic ring is 1. The number of primary amides is 3. The van der Waals surface area contributed by atoms with Gasteiger partial charge in [0.05, 0.1) is 72.7 Å². The summed E-state index contributed by atoms with van der Waals surface area (Å²) in [5, 5.41) is 111. The van der Waals surface area contributed by atoms with Crippen LogP contribution in [0.15, 0.2) is 23.3 Å². The average molecular weight is 1480 g/mol. The summed E-state index contributed by atoms with van der Waals surface area (Å²) in [6.07, 6.45) is -22.5. The van der Waals surface area contributed by atoms with Gasteiger partial charge in [0.2, 0.25) is 29.5 Å². The molecule has 0 unspecified atom stereocenters. The van der Waals surface area contributed by atoms with Crippen LogP contribution in [0.5, 0.6) is 0 Å². The van der Waals surface area contributed by atoms with Crippen LogP contribution < -0.4 is 71.6 Å². The molecule has 2 aliphatic rings. The number of aromatic amines is 1. The Kier molecular flexibility index (Phi) is 33.0. The van der Waals surface area contributed by atoms with Crippen molar-refractivity contribution in [2.75, 3.05) is 58.2 Å². The van der Waals surface area contributed by atoms with Crippen molar-refractivity contribution in [3.63, 3.8) is 0 Å². The molecule has 2 fully saturated rings. The molecule has 0 saturated carbocycles. The number of H-pyrrole nitrogens is 1. The lowest BCUT2D eigenvalue weighted by atomic mass is 9.96. The van der Waals surface area contributed by atoms with Gasteiger partial charge in [-0.25, -0.2) is 29.7 Å². The molecule has 4 aromatic rings. The van der Waals surface area contributed by atoms with Crippen LogP contribution in [0.1, 0.15) is 102 Å². The largest absolute Gasteiger partial charge is 0.441 e. The number of amides is 8. The Hall–Kier alpha value is -7.44. The lowest BCUT2D eigenvalue weighted by molar-refractivity contribution is -0.372. The molecular formula is C57H90ClN19O21S2. The number of halogens is 1. The zero-order valence-corrected chi connectivity index (χ0v) is 57.2. The molecule has 40 nitrogen and oxygen atoms in total. The Labute approximate surface area is 585 Å². The number of carbonyl (C=O) groups excluding carboxylic acids is 8. The van der Waals surface area contributed by atoms with E-state index in [2.05, 4.69) is 67.1 Å². The number of aliphatic hydroxyl groups is 8. The number of nitrogens with zero attached hydrogens (tertiary/aromatic N) is 5. The van der Waals surface area contributed by atoms with Crippen LogP contribution in [-0.4, -0.2) is 268 Å². The molecule has 0 radical (unpaired) electrons. The molecule has 43 heteroatoms. The molecule has 28 N–H and O–H groups in total. The summed E-state index contributed by atoms with van der Waals surface area (Å²) >= 11 is 2.50. The van der Waals surface area contributed by atoms with Gasteiger partial charge in [-0.2, -0.15) is 0 Å². The summed E-state index contributed by atoms with van der Waals surface area (Å²) in [5.41, 5.74) is 33.6. The highest BCUT2D eigenvalue weighted by Gasteiger charge is 2.54. The molecular weight excluding hydrogens is 1390 g/mol. The van der Waals surface area contributed by atoms with Crippen molar-refractivity contribution in [1.29, 1.82) is 0 Å². The van der Waals surface area contributed by atoms with Crippen LogP contribution in [-0.2, 0) is 54.1 Å². The normalized spacial score (nSPS) is 23.3. The molecule has 6 heterocycles. The van der Waals surface area contributed by atoms with E-state index in [-0.39, 0.29) is 66.4 Å². The van der Waals surface area contributed by atoms with Gasteiger partial charge in [0.15, 0.2) is 18.7 Å². The number of hydrogen-bond donors (Lipinski definition) is 22. The minimum absolute atomic E-state index is 0. The molecule has 0 bridgehead atoms. The Bertz CT molecular complexity index is 3330. The summed E-state index contributed by atoms with van der Waals surface area (Å²) in [5.74, 6) is -8.74. The second-order valence-electron chi connectivity index (χ2n) is 23.4. The zero-order valence-electron chi connectivity index (χ0n) is 54.8. The van der Waals surface area contributed by atoms with E-state index in [1.54, 1.807) is 10.8 Å². The number of anilines is 1. The van der Waals surface area contributed by atoms with Gasteiger partial charge < -0.3 is 141 Å². The minimum Gasteiger partial charge on any atom is -0.441 e. The fraction of sp³-hybridized carbons (Fsp3) is 0.632. The summed E-state index contributed by atoms with van der Waals surface area (Å²) in [6.45, 7) is 5.29. The van der Waals surface area contributed by atoms with Crippen molar-refractivity contribution < 1.29 is 103 Å². The number of thiazole rings is 2. The predicted molar refractivity (Wildman–Crippen MR) is 353 cm³/mol. The van der Waals surface area contributed by atoms with E-state index >= 15 is 4.79 Å². The maximum Gasteiger partial charge on any atom is 0.404 e. The smallest absolute Gasteiger partial charge is 0.404 e. The number of ether oxygens (including phenoxy) is 5. The number of imidazole rings is 1. The van der Waals surface area contributed by atoms with Gasteiger partial charge in [0, 0.05) is 48.8 Å². The Morgan fingerprint density at radius 3 is 2.08 bits per heavy atom. The second kappa shape index (κ2) is 39.7. The number of rotatable bonds is 39. The second-order valence-corrected chi connectivity index (χ2v) is 25.2. The Morgan fingerprint density at radius 1 is 0.750 bits per heavy atom. The van der Waals surface area contributed by atoms with E-state index in [9.17, 15) is 74.4 Å². The topological polar surface area (TPSA) is 665 Å². The molecule has 6 rings (SSSR count). The van der Waals surface area contributed by atoms with Gasteiger partial charge in [-0.15, -0.1) is 35.1 Å². The monoisotopic (exact) mass is 1480 g/mol. The molecule has 8 amide bonds. The number of nitrogens with one attached hydrogen (secondary N) is 8. The van der Waals surface area contributed by atoms with E-state index in [1.165, 1.54) is 50.4 Å². The fourth-order valence-electron chi connectivity index (χ4n) is 10.2. The first-order chi connectivity index (χ1) is 47.0. The SMILES string of the molecule is Cc1c(N)nc([C@H](CC(N)=O)NC[C@H](N)C(N)=O)nc1C(=O)N[C@H](C(=O)N[C@H](C)[C@@H](O)[C@@H](C)C(=O)N[C@H](C(=O)NCCc1nc(-c2nc(C(=O)NCCCNCCCCN)cs2)cs1)[C@@H](C)O)[C@@H](O[C@@H]1O[C@@H](CO)[C@@H](O)[C@H](O)[C@@H]1O[C@H]1O[C@H](CO)[C@@H](O)[C@H](OC(N)=O)[C@@H]1O)c1cnc[nH]1.Cl. The van der Waals surface area contributed by atoms with E-state index in [0.717, 1.165) is 44.9 Å². The molecule has 2 aliphatic heterocycles. The molecule has 0 spiro atoms. The third-order valence-electron chi connectivity index (χ3n) is 15.9. The Balaban J connectivity index is 0.0000180. The minimum atomic E-state index is -2.20. The highest BCUT2D eigenvalue weighted by molar-refractivity contribution is 7.14. The van der Waals surface area contributed by atoms with Crippen LogP contribution in [0.4, 0.5) is 10.6 Å². The van der Waals surface area contributed by atoms with Gasteiger partial charge in [-0.1, -0.05) is 6.92 Å². The number of hydrogen-bond acceptors (Lipinski definition) is 33. The molecule has 2 saturated heterocycles. The van der Waals surface area contributed by atoms with Gasteiger partial charge in [-0.05, 0) is 59.7 Å². The molecule has 558 valence electrons. The third kappa shape index (κ3) is 22.8. The van der Waals surface area contributed by atoms with Crippen LogP contribution in [0.2, 0.25) is 0 Å². The zero-order chi connectivity index (χ0) is 72.9. The predicted octanol–water partition coefficient (Wildman–Crippen LogP) is -7.83. The van der Waals surface area contributed by atoms with Gasteiger partial charge in [-0.3, -0.25) is 33.6 Å². The lowest BCUT2D eigenvalue weighted by Gasteiger charge is -2.47. The first-order valence-corrected chi connectivity index (χ1v) is 33.1. The highest BCUT2D eigenvalue weighted by atomic mass is 35.5. The van der Waals surface area contributed by atoms with Crippen LogP contribution >= 0.6 is 35.1 Å². The standard InChI is InChI=1S/C57H89N19O21S2.ClH/c1-22-35(73-48(76-46(22)61)27(14-33(60)80)68-15-26(59)47(62)86)52(90)75-37(43(28-16-65-21-69-28)95-56-45(41(84)39(82)31(17-77)94-56)96-55-42(85)44(97-57(63)92)40(83)32(18-78)93-55)53(91)70-24(3)38(81)23(2)49(87)74-36(25(4)79)51(89)67-13-8-34-71-30(20-98-34)54-72-29(19-99-54)50(88)66-12-7-11-64-10-6-5-9-58;/h16,19-21,23-27,31-32,36-45,55-56,64,68,77-79,81-85H,5-15,17-18,58-59H2,1-4H3,(H2,60,80)(H2,62,86)(H2,63,92)(H,65,69)(H,66,88)(H,67,89)(H,70,91)(H,74,87)(H,75,90)(H2,61,73,76);1H/t23-,24-,25-,26+,27+,31+,32-,36+,37+,38+,39-,40-,41+,42+,43+,44+,45+,55-,56+;/m1./s1. The van der Waals surface area contributed by atoms with Crippen LogP contribution in [0.3, 0.4) is 0 Å². The summed E-state index contributed by atoms with van der Waals surface area (Å²) in [4.78, 5) is 131. The quantitative estimate of drug-likeness (QED) is 0.0185. The van der Waals surface area contributed by atoms with Crippen LogP contribution in [0.25, 0.3) is 10.7 Å². The third-order valence-corrected chi connectivity index (χ3v) is 17.7. The highest BCUT2D eigenvalue weighted by Crippen LogP contribution is 2.35. The lowest BCUT2D eigenvalue weighted by Crippen LogP contribution is -2.65. The molecule has 4 aromatic heterocycles. The van der Waals surface area contributed by atoms with Crippen molar-refractivity contribution in [1.82, 2.24) is 67.1 Å². The van der Waals surface area contributed by atoms with Gasteiger partial charge >= 0.3 is 6.09 Å². The van der Waals surface area contributed by atoms with Crippen molar-refractivity contribution >= 4 is 88.3 Å². The number of aromatic nitrogens is 6. The van der Waals surface area contributed by atoms with E-state index < -0.39 is 183 Å². The molecule has 100 heavy (non-hydrogen) atoms. The maximum absolute atomic E-state index is 15.2. The maximum atomic E-state index is 15.2.